The highest BCUT2D eigenvalue weighted by atomic mass is 16.5. The standard InChI is InChI=1S/C20H31N3O4/c1-4-5-8-21-19(24)15-22-9-11-23(12-10-22)20(25)14-16-6-7-17(26-2)18(13-16)27-3/h6-7,13H,4-5,8-12,14-15H2,1-3H3,(H,21,24). The smallest absolute Gasteiger partial charge is 0.234 e. The van der Waals surface area contributed by atoms with Gasteiger partial charge in [0.2, 0.25) is 11.8 Å². The lowest BCUT2D eigenvalue weighted by atomic mass is 10.1. The molecule has 7 heteroatoms. The molecular weight excluding hydrogens is 346 g/mol. The number of piperazine rings is 1. The molecule has 150 valence electrons. The first-order chi connectivity index (χ1) is 13.1. The van der Waals surface area contributed by atoms with Gasteiger partial charge in [0, 0.05) is 32.7 Å². The van der Waals surface area contributed by atoms with Crippen molar-refractivity contribution in [3.63, 3.8) is 0 Å². The number of carbonyl (C=O) groups excluding carboxylic acids is 2. The zero-order valence-corrected chi connectivity index (χ0v) is 16.6. The summed E-state index contributed by atoms with van der Waals surface area (Å²) < 4.78 is 10.5. The number of nitrogens with one attached hydrogen (secondary N) is 1. The summed E-state index contributed by atoms with van der Waals surface area (Å²) in [5.41, 5.74) is 0.899. The average Bonchev–Trinajstić information content (AvgIpc) is 2.68. The molecule has 2 rings (SSSR count). The van der Waals surface area contributed by atoms with Crippen molar-refractivity contribution in [3.8, 4) is 11.5 Å². The lowest BCUT2D eigenvalue weighted by molar-refractivity contribution is -0.132. The van der Waals surface area contributed by atoms with Gasteiger partial charge < -0.3 is 19.7 Å². The Balaban J connectivity index is 1.78. The van der Waals surface area contributed by atoms with Gasteiger partial charge in [-0.2, -0.15) is 0 Å². The van der Waals surface area contributed by atoms with E-state index >= 15 is 0 Å². The minimum Gasteiger partial charge on any atom is -0.493 e. The number of hydrogen-bond acceptors (Lipinski definition) is 5. The fourth-order valence-corrected chi connectivity index (χ4v) is 3.10. The fourth-order valence-electron chi connectivity index (χ4n) is 3.10. The maximum absolute atomic E-state index is 12.6. The summed E-state index contributed by atoms with van der Waals surface area (Å²) in [4.78, 5) is 28.4. The van der Waals surface area contributed by atoms with E-state index in [-0.39, 0.29) is 11.8 Å². The Hall–Kier alpha value is -2.28. The van der Waals surface area contributed by atoms with E-state index in [1.807, 2.05) is 23.1 Å². The quantitative estimate of drug-likeness (QED) is 0.657. The molecule has 0 aromatic heterocycles. The molecule has 0 saturated carbocycles. The Bertz CT molecular complexity index is 628. The molecule has 0 bridgehead atoms. The summed E-state index contributed by atoms with van der Waals surface area (Å²) in [5.74, 6) is 1.43. The molecule has 1 heterocycles. The van der Waals surface area contributed by atoms with Crippen molar-refractivity contribution in [2.45, 2.75) is 26.2 Å². The van der Waals surface area contributed by atoms with Crippen LogP contribution < -0.4 is 14.8 Å². The molecule has 0 atom stereocenters. The molecule has 0 radical (unpaired) electrons. The first-order valence-corrected chi connectivity index (χ1v) is 9.55. The third-order valence-electron chi connectivity index (χ3n) is 4.75. The van der Waals surface area contributed by atoms with Crippen LogP contribution in [0.25, 0.3) is 0 Å². The summed E-state index contributed by atoms with van der Waals surface area (Å²) >= 11 is 0. The second-order valence-corrected chi connectivity index (χ2v) is 6.73. The van der Waals surface area contributed by atoms with Crippen molar-refractivity contribution < 1.29 is 19.1 Å². The molecule has 7 nitrogen and oxygen atoms in total. The van der Waals surface area contributed by atoms with Crippen molar-refractivity contribution >= 4 is 11.8 Å². The van der Waals surface area contributed by atoms with Crippen LogP contribution in [0.5, 0.6) is 11.5 Å². The number of hydrogen-bond donors (Lipinski definition) is 1. The topological polar surface area (TPSA) is 71.1 Å². The molecule has 1 aliphatic rings. The molecule has 0 aliphatic carbocycles. The van der Waals surface area contributed by atoms with E-state index in [0.717, 1.165) is 38.0 Å². The number of methoxy groups -OCH3 is 2. The number of rotatable bonds is 9. The largest absolute Gasteiger partial charge is 0.493 e. The predicted molar refractivity (Wildman–Crippen MR) is 104 cm³/mol. The van der Waals surface area contributed by atoms with Gasteiger partial charge in [-0.25, -0.2) is 0 Å². The molecule has 0 unspecified atom stereocenters. The number of amides is 2. The summed E-state index contributed by atoms with van der Waals surface area (Å²) in [5, 5.41) is 2.93. The van der Waals surface area contributed by atoms with Crippen molar-refractivity contribution in [1.82, 2.24) is 15.1 Å². The maximum Gasteiger partial charge on any atom is 0.234 e. The van der Waals surface area contributed by atoms with Crippen LogP contribution in [-0.2, 0) is 16.0 Å². The third-order valence-corrected chi connectivity index (χ3v) is 4.75. The Morgan fingerprint density at radius 1 is 1.07 bits per heavy atom. The summed E-state index contributed by atoms with van der Waals surface area (Å²) in [6.45, 7) is 5.98. The van der Waals surface area contributed by atoms with Gasteiger partial charge in [0.1, 0.15) is 0 Å². The van der Waals surface area contributed by atoms with Gasteiger partial charge in [-0.05, 0) is 24.1 Å². The minimum absolute atomic E-state index is 0.0635. The number of carbonyl (C=O) groups is 2. The van der Waals surface area contributed by atoms with Crippen molar-refractivity contribution in [3.05, 3.63) is 23.8 Å². The van der Waals surface area contributed by atoms with Crippen LogP contribution in [0, 0.1) is 0 Å². The highest BCUT2D eigenvalue weighted by molar-refractivity contribution is 5.79. The van der Waals surface area contributed by atoms with Crippen molar-refractivity contribution in [2.75, 3.05) is 53.5 Å². The zero-order chi connectivity index (χ0) is 19.6. The van der Waals surface area contributed by atoms with E-state index < -0.39 is 0 Å². The lowest BCUT2D eigenvalue weighted by Gasteiger charge is -2.34. The van der Waals surface area contributed by atoms with Crippen LogP contribution in [0.15, 0.2) is 18.2 Å². The predicted octanol–water partition coefficient (Wildman–Crippen LogP) is 1.31. The van der Waals surface area contributed by atoms with E-state index in [4.69, 9.17) is 9.47 Å². The molecule has 2 amide bonds. The Morgan fingerprint density at radius 2 is 1.78 bits per heavy atom. The normalized spacial score (nSPS) is 14.7. The zero-order valence-electron chi connectivity index (χ0n) is 16.6. The molecule has 0 spiro atoms. The molecule has 1 aliphatic heterocycles. The van der Waals surface area contributed by atoms with Crippen LogP contribution in [0.2, 0.25) is 0 Å². The third kappa shape index (κ3) is 6.43. The number of benzene rings is 1. The van der Waals surface area contributed by atoms with Crippen LogP contribution >= 0.6 is 0 Å². The molecule has 1 saturated heterocycles. The van der Waals surface area contributed by atoms with Gasteiger partial charge >= 0.3 is 0 Å². The SMILES string of the molecule is CCCCNC(=O)CN1CCN(C(=O)Cc2ccc(OC)c(OC)c2)CC1. The Labute approximate surface area is 161 Å². The first kappa shape index (κ1) is 21.0. The summed E-state index contributed by atoms with van der Waals surface area (Å²) in [7, 11) is 3.17. The van der Waals surface area contributed by atoms with Gasteiger partial charge in [0.25, 0.3) is 0 Å². The molecular formula is C20H31N3O4. The van der Waals surface area contributed by atoms with Gasteiger partial charge in [-0.3, -0.25) is 14.5 Å². The molecule has 1 N–H and O–H groups in total. The van der Waals surface area contributed by atoms with E-state index in [0.29, 0.717) is 37.6 Å². The monoisotopic (exact) mass is 377 g/mol. The van der Waals surface area contributed by atoms with Gasteiger partial charge in [0.15, 0.2) is 11.5 Å². The van der Waals surface area contributed by atoms with Gasteiger partial charge in [-0.15, -0.1) is 0 Å². The van der Waals surface area contributed by atoms with Crippen LogP contribution in [-0.4, -0.2) is 75.1 Å². The highest BCUT2D eigenvalue weighted by Crippen LogP contribution is 2.27. The number of ether oxygens (including phenoxy) is 2. The Kier molecular flexibility index (Phi) is 8.39. The molecule has 1 aromatic carbocycles. The maximum atomic E-state index is 12.6. The van der Waals surface area contributed by atoms with E-state index in [1.165, 1.54) is 0 Å². The van der Waals surface area contributed by atoms with Gasteiger partial charge in [-0.1, -0.05) is 19.4 Å². The number of unbranched alkanes of at least 4 members (excludes halogenated alkanes) is 1. The lowest BCUT2D eigenvalue weighted by Crippen LogP contribution is -2.51. The summed E-state index contributed by atoms with van der Waals surface area (Å²) in [6, 6.07) is 5.54. The fraction of sp³-hybridized carbons (Fsp3) is 0.600. The molecule has 1 aromatic rings. The van der Waals surface area contributed by atoms with E-state index in [2.05, 4.69) is 17.1 Å². The molecule has 27 heavy (non-hydrogen) atoms. The van der Waals surface area contributed by atoms with Crippen LogP contribution in [0.1, 0.15) is 25.3 Å². The van der Waals surface area contributed by atoms with E-state index in [1.54, 1.807) is 14.2 Å². The average molecular weight is 377 g/mol. The van der Waals surface area contributed by atoms with Crippen molar-refractivity contribution in [2.24, 2.45) is 0 Å². The minimum atomic E-state index is 0.0635. The number of nitrogens with zero attached hydrogens (tertiary/aromatic N) is 2. The van der Waals surface area contributed by atoms with Gasteiger partial charge in [0.05, 0.1) is 27.2 Å². The highest BCUT2D eigenvalue weighted by Gasteiger charge is 2.22. The second-order valence-electron chi connectivity index (χ2n) is 6.73. The van der Waals surface area contributed by atoms with E-state index in [9.17, 15) is 9.59 Å². The summed E-state index contributed by atoms with van der Waals surface area (Å²) in [6.07, 6.45) is 2.41. The van der Waals surface area contributed by atoms with Crippen LogP contribution in [0.4, 0.5) is 0 Å². The Morgan fingerprint density at radius 3 is 2.41 bits per heavy atom. The molecule has 1 fully saturated rings. The van der Waals surface area contributed by atoms with Crippen LogP contribution in [0.3, 0.4) is 0 Å². The first-order valence-electron chi connectivity index (χ1n) is 9.55. The second kappa shape index (κ2) is 10.8. The van der Waals surface area contributed by atoms with Crippen molar-refractivity contribution in [1.29, 1.82) is 0 Å².